The Balaban J connectivity index is 1.99. The zero-order valence-electron chi connectivity index (χ0n) is 32.8. The molecule has 312 valence electrons. The highest BCUT2D eigenvalue weighted by Gasteiger charge is 2.61. The van der Waals surface area contributed by atoms with Crippen LogP contribution in [0, 0.1) is 0 Å². The lowest BCUT2D eigenvalue weighted by molar-refractivity contribution is -0.384. The van der Waals surface area contributed by atoms with Crippen molar-refractivity contribution in [2.45, 2.75) is 223 Å². The summed E-state index contributed by atoms with van der Waals surface area (Å²) >= 11 is 0. The highest BCUT2D eigenvalue weighted by atomic mass is 16.8. The van der Waals surface area contributed by atoms with Crippen LogP contribution in [0.1, 0.15) is 168 Å². The Hall–Kier alpha value is -1.42. The van der Waals surface area contributed by atoms with E-state index < -0.39 is 86.6 Å². The van der Waals surface area contributed by atoms with E-state index in [2.05, 4.69) is 13.8 Å². The van der Waals surface area contributed by atoms with Crippen molar-refractivity contribution in [3.8, 4) is 0 Å². The van der Waals surface area contributed by atoms with Crippen molar-refractivity contribution in [3.05, 3.63) is 0 Å². The molecule has 13 nitrogen and oxygen atoms in total. The second kappa shape index (κ2) is 28.0. The van der Waals surface area contributed by atoms with Crippen molar-refractivity contribution in [1.82, 2.24) is 0 Å². The third-order valence-corrected chi connectivity index (χ3v) is 10.5. The van der Waals surface area contributed by atoms with Crippen LogP contribution in [-0.4, -0.2) is 117 Å². The van der Waals surface area contributed by atoms with E-state index in [0.717, 1.165) is 44.9 Å². The Morgan fingerprint density at radius 1 is 0.547 bits per heavy atom. The standard InChI is InChI=1S/C40H74O13/c1-3-5-7-9-11-13-15-17-19-21-23-25-32(43)49-29-40(53-39-37(48)36(47)34(45)30(27-41)50-39)38(35(46)31(28-42)52-40)51-33(44)26-24-22-20-18-16-14-12-10-8-6-4-2/h30-31,34-39,41-42,45-48H,3-29H2,1-2H3/t30-,31-,34-,35-,36+,37-,38+,39-,40+/m1/s1. The molecule has 2 rings (SSSR count). The molecule has 53 heavy (non-hydrogen) atoms. The largest absolute Gasteiger partial charge is 0.460 e. The van der Waals surface area contributed by atoms with Crippen LogP contribution >= 0.6 is 0 Å². The molecule has 0 unspecified atom stereocenters. The maximum absolute atomic E-state index is 13.1. The Bertz CT molecular complexity index is 952. The summed E-state index contributed by atoms with van der Waals surface area (Å²) in [5, 5.41) is 62.3. The highest BCUT2D eigenvalue weighted by Crippen LogP contribution is 2.39. The molecule has 2 fully saturated rings. The SMILES string of the molecule is CCCCCCCCCCCCCC(=O)OC[C@@]1(O[C@H]2O[C@H](CO)[C@@H](O)[C@H](O)[C@H]2O)O[C@H](CO)[C@@H](O)[C@@H]1OC(=O)CCCCCCCCCCCCC. The summed E-state index contributed by atoms with van der Waals surface area (Å²) in [5.74, 6) is -3.52. The van der Waals surface area contributed by atoms with Crippen molar-refractivity contribution in [3.63, 3.8) is 0 Å². The molecular weight excluding hydrogens is 688 g/mol. The number of carbonyl (C=O) groups excluding carboxylic acids is 2. The van der Waals surface area contributed by atoms with E-state index in [1.807, 2.05) is 0 Å². The Labute approximate surface area is 318 Å². The van der Waals surface area contributed by atoms with Crippen LogP contribution in [-0.2, 0) is 33.3 Å². The van der Waals surface area contributed by atoms with E-state index in [0.29, 0.717) is 12.8 Å². The van der Waals surface area contributed by atoms with Gasteiger partial charge in [-0.2, -0.15) is 0 Å². The fraction of sp³-hybridized carbons (Fsp3) is 0.950. The summed E-state index contributed by atoms with van der Waals surface area (Å²) in [6.45, 7) is 2.27. The number of unbranched alkanes of at least 4 members (excludes halogenated alkanes) is 20. The number of hydrogen-bond acceptors (Lipinski definition) is 13. The lowest BCUT2D eigenvalue weighted by Gasteiger charge is -2.43. The van der Waals surface area contributed by atoms with E-state index in [4.69, 9.17) is 23.7 Å². The molecule has 13 heteroatoms. The number of rotatable bonds is 31. The zero-order chi connectivity index (χ0) is 38.9. The zero-order valence-corrected chi connectivity index (χ0v) is 32.8. The second-order valence-electron chi connectivity index (χ2n) is 15.1. The summed E-state index contributed by atoms with van der Waals surface area (Å²) in [6.07, 6.45) is 11.5. The minimum absolute atomic E-state index is 0.0405. The van der Waals surface area contributed by atoms with Crippen LogP contribution in [0.3, 0.4) is 0 Å². The first-order valence-electron chi connectivity index (χ1n) is 20.9. The quantitative estimate of drug-likeness (QED) is 0.0403. The molecule has 2 aliphatic heterocycles. The monoisotopic (exact) mass is 763 g/mol. The third kappa shape index (κ3) is 17.5. The molecule has 0 radical (unpaired) electrons. The van der Waals surface area contributed by atoms with Gasteiger partial charge < -0.3 is 54.3 Å². The van der Waals surface area contributed by atoms with Gasteiger partial charge in [-0.15, -0.1) is 0 Å². The van der Waals surface area contributed by atoms with Crippen molar-refractivity contribution < 1.29 is 63.9 Å². The minimum atomic E-state index is -2.26. The molecule has 6 N–H and O–H groups in total. The first-order chi connectivity index (χ1) is 25.6. The first kappa shape index (κ1) is 47.7. The van der Waals surface area contributed by atoms with Gasteiger partial charge >= 0.3 is 11.9 Å². The van der Waals surface area contributed by atoms with Crippen molar-refractivity contribution in [2.75, 3.05) is 19.8 Å². The molecule has 2 heterocycles. The molecule has 0 aliphatic carbocycles. The predicted molar refractivity (Wildman–Crippen MR) is 199 cm³/mol. The maximum atomic E-state index is 13.1. The molecule has 0 aromatic carbocycles. The number of aliphatic hydroxyl groups is 6. The number of ether oxygens (including phenoxy) is 5. The van der Waals surface area contributed by atoms with Gasteiger partial charge in [-0.3, -0.25) is 9.59 Å². The molecule has 0 aromatic heterocycles. The smallest absolute Gasteiger partial charge is 0.306 e. The Morgan fingerprint density at radius 2 is 0.981 bits per heavy atom. The molecule has 2 aliphatic rings. The molecule has 2 saturated heterocycles. The molecule has 0 saturated carbocycles. The molecule has 0 spiro atoms. The maximum Gasteiger partial charge on any atom is 0.306 e. The predicted octanol–water partition coefficient (Wildman–Crippen LogP) is 5.11. The fourth-order valence-electron chi connectivity index (χ4n) is 7.08. The van der Waals surface area contributed by atoms with E-state index in [1.54, 1.807) is 0 Å². The van der Waals surface area contributed by atoms with Crippen LogP contribution in [0.25, 0.3) is 0 Å². The number of carbonyl (C=O) groups is 2. The summed E-state index contributed by atoms with van der Waals surface area (Å²) in [5.41, 5.74) is 0. The van der Waals surface area contributed by atoms with Gasteiger partial charge in [0.1, 0.15) is 43.2 Å². The Kier molecular flexibility index (Phi) is 25.3. The summed E-state index contributed by atoms with van der Waals surface area (Å²) in [6, 6.07) is 0. The summed E-state index contributed by atoms with van der Waals surface area (Å²) < 4.78 is 28.7. The van der Waals surface area contributed by atoms with Gasteiger partial charge in [0.05, 0.1) is 13.2 Å². The van der Waals surface area contributed by atoms with Gasteiger partial charge in [0.2, 0.25) is 5.79 Å². The molecule has 9 atom stereocenters. The average molecular weight is 763 g/mol. The Morgan fingerprint density at radius 3 is 1.43 bits per heavy atom. The second-order valence-corrected chi connectivity index (χ2v) is 15.1. The molecule has 0 bridgehead atoms. The number of hydrogen-bond donors (Lipinski definition) is 6. The number of aliphatic hydroxyl groups excluding tert-OH is 6. The van der Waals surface area contributed by atoms with Gasteiger partial charge in [0.25, 0.3) is 0 Å². The lowest BCUT2D eigenvalue weighted by Crippen LogP contribution is -2.63. The van der Waals surface area contributed by atoms with E-state index >= 15 is 0 Å². The van der Waals surface area contributed by atoms with Crippen LogP contribution in [0.2, 0.25) is 0 Å². The van der Waals surface area contributed by atoms with Crippen LogP contribution in [0.4, 0.5) is 0 Å². The minimum Gasteiger partial charge on any atom is -0.460 e. The van der Waals surface area contributed by atoms with Gasteiger partial charge in [0, 0.05) is 12.8 Å². The lowest BCUT2D eigenvalue weighted by atomic mass is 9.99. The van der Waals surface area contributed by atoms with Gasteiger partial charge in [-0.05, 0) is 12.8 Å². The van der Waals surface area contributed by atoms with Crippen LogP contribution in [0.5, 0.6) is 0 Å². The van der Waals surface area contributed by atoms with Gasteiger partial charge in [-0.1, -0.05) is 142 Å². The molecule has 0 amide bonds. The van der Waals surface area contributed by atoms with Gasteiger partial charge in [0.15, 0.2) is 12.4 Å². The summed E-state index contributed by atoms with van der Waals surface area (Å²) in [4.78, 5) is 26.0. The average Bonchev–Trinajstić information content (AvgIpc) is 3.41. The molecular formula is C40H74O13. The van der Waals surface area contributed by atoms with Crippen molar-refractivity contribution >= 4 is 11.9 Å². The van der Waals surface area contributed by atoms with Gasteiger partial charge in [-0.25, -0.2) is 0 Å². The normalized spacial score (nSPS) is 28.7. The highest BCUT2D eigenvalue weighted by molar-refractivity contribution is 5.70. The van der Waals surface area contributed by atoms with E-state index in [-0.39, 0.29) is 12.8 Å². The van der Waals surface area contributed by atoms with Crippen molar-refractivity contribution in [1.29, 1.82) is 0 Å². The van der Waals surface area contributed by atoms with Crippen LogP contribution < -0.4 is 0 Å². The van der Waals surface area contributed by atoms with Crippen molar-refractivity contribution in [2.24, 2.45) is 0 Å². The third-order valence-electron chi connectivity index (χ3n) is 10.5. The first-order valence-corrected chi connectivity index (χ1v) is 20.9. The summed E-state index contributed by atoms with van der Waals surface area (Å²) in [7, 11) is 0. The van der Waals surface area contributed by atoms with E-state index in [1.165, 1.54) is 83.5 Å². The van der Waals surface area contributed by atoms with Crippen LogP contribution in [0.15, 0.2) is 0 Å². The molecule has 0 aromatic rings. The number of esters is 2. The fourth-order valence-corrected chi connectivity index (χ4v) is 7.08. The topological polar surface area (TPSA) is 202 Å². The van der Waals surface area contributed by atoms with E-state index in [9.17, 15) is 40.2 Å².